The predicted molar refractivity (Wildman–Crippen MR) is 63.0 cm³/mol. The molecule has 0 saturated carbocycles. The fourth-order valence-electron chi connectivity index (χ4n) is 1.34. The lowest BCUT2D eigenvalue weighted by molar-refractivity contribution is 0.0968. The summed E-state index contributed by atoms with van der Waals surface area (Å²) >= 11 is 11.7. The zero-order valence-electron chi connectivity index (χ0n) is 8.23. The molecule has 0 atom stereocenters. The van der Waals surface area contributed by atoms with Gasteiger partial charge in [-0.3, -0.25) is 9.48 Å². The number of nitrogens with zero attached hydrogens (tertiary/aromatic N) is 2. The average Bonchev–Trinajstić information content (AvgIpc) is 2.70. The van der Waals surface area contributed by atoms with Crippen molar-refractivity contribution in [3.05, 3.63) is 52.3 Å². The molecule has 0 saturated heterocycles. The minimum Gasteiger partial charge on any atom is -0.292 e. The molecule has 3 nitrogen and oxygen atoms in total. The van der Waals surface area contributed by atoms with Gasteiger partial charge in [-0.2, -0.15) is 5.10 Å². The summed E-state index contributed by atoms with van der Waals surface area (Å²) in [4.78, 5) is 11.9. The van der Waals surface area contributed by atoms with Crippen molar-refractivity contribution in [3.8, 4) is 0 Å². The summed E-state index contributed by atoms with van der Waals surface area (Å²) < 4.78 is 1.55. The van der Waals surface area contributed by atoms with Crippen LogP contribution >= 0.6 is 23.2 Å². The van der Waals surface area contributed by atoms with E-state index in [4.69, 9.17) is 23.2 Å². The summed E-state index contributed by atoms with van der Waals surface area (Å²) in [5.74, 6) is -0.0923. The van der Waals surface area contributed by atoms with E-state index < -0.39 is 0 Å². The van der Waals surface area contributed by atoms with Gasteiger partial charge in [0.05, 0.1) is 5.02 Å². The highest BCUT2D eigenvalue weighted by Crippen LogP contribution is 2.21. The second-order valence-electron chi connectivity index (χ2n) is 3.25. The van der Waals surface area contributed by atoms with Crippen molar-refractivity contribution >= 4 is 29.0 Å². The van der Waals surface area contributed by atoms with E-state index in [1.54, 1.807) is 41.3 Å². The van der Waals surface area contributed by atoms with Gasteiger partial charge in [0.1, 0.15) is 6.54 Å². The number of benzene rings is 1. The van der Waals surface area contributed by atoms with Gasteiger partial charge in [0.25, 0.3) is 0 Å². The first-order valence-electron chi connectivity index (χ1n) is 4.62. The van der Waals surface area contributed by atoms with E-state index in [-0.39, 0.29) is 12.3 Å². The number of hydrogen-bond acceptors (Lipinski definition) is 2. The molecule has 0 aliphatic carbocycles. The molecule has 1 heterocycles. The van der Waals surface area contributed by atoms with E-state index in [0.717, 1.165) is 0 Å². The molecule has 0 N–H and O–H groups in total. The van der Waals surface area contributed by atoms with Gasteiger partial charge < -0.3 is 0 Å². The minimum atomic E-state index is -0.0923. The molecule has 82 valence electrons. The van der Waals surface area contributed by atoms with Gasteiger partial charge in [-0.1, -0.05) is 23.2 Å². The maximum Gasteiger partial charge on any atom is 0.185 e. The Balaban J connectivity index is 2.21. The molecule has 5 heteroatoms. The molecule has 2 rings (SSSR count). The molecular formula is C11H8Cl2N2O. The second kappa shape index (κ2) is 4.68. The van der Waals surface area contributed by atoms with Gasteiger partial charge in [-0.25, -0.2) is 0 Å². The van der Waals surface area contributed by atoms with Crippen LogP contribution in [0.5, 0.6) is 0 Å². The molecule has 0 fully saturated rings. The monoisotopic (exact) mass is 254 g/mol. The largest absolute Gasteiger partial charge is 0.292 e. The lowest BCUT2D eigenvalue weighted by atomic mass is 10.1. The van der Waals surface area contributed by atoms with E-state index in [2.05, 4.69) is 5.10 Å². The molecule has 0 radical (unpaired) electrons. The van der Waals surface area contributed by atoms with Gasteiger partial charge in [0.15, 0.2) is 5.78 Å². The maximum absolute atomic E-state index is 11.9. The Kier molecular flexibility index (Phi) is 3.27. The van der Waals surface area contributed by atoms with Crippen LogP contribution in [0.25, 0.3) is 0 Å². The van der Waals surface area contributed by atoms with Gasteiger partial charge >= 0.3 is 0 Å². The minimum absolute atomic E-state index is 0.0923. The molecule has 0 bridgehead atoms. The predicted octanol–water partition coefficient (Wildman–Crippen LogP) is 3.07. The number of ketones is 1. The number of hydrogen-bond donors (Lipinski definition) is 0. The molecule has 0 aliphatic heterocycles. The quantitative estimate of drug-likeness (QED) is 0.790. The molecule has 2 aromatic rings. The number of Topliss-reactive ketones (excluding diaryl/α,β-unsaturated/α-hetero) is 1. The van der Waals surface area contributed by atoms with Gasteiger partial charge in [-0.15, -0.1) is 0 Å². The Bertz CT molecular complexity index is 509. The molecule has 16 heavy (non-hydrogen) atoms. The van der Waals surface area contributed by atoms with Crippen molar-refractivity contribution in [3.63, 3.8) is 0 Å². The zero-order chi connectivity index (χ0) is 11.5. The van der Waals surface area contributed by atoms with Crippen molar-refractivity contribution in [2.24, 2.45) is 0 Å². The number of aromatic nitrogens is 2. The van der Waals surface area contributed by atoms with Crippen molar-refractivity contribution in [2.75, 3.05) is 0 Å². The summed E-state index contributed by atoms with van der Waals surface area (Å²) in [6.07, 6.45) is 3.35. The van der Waals surface area contributed by atoms with Crippen LogP contribution in [-0.4, -0.2) is 15.6 Å². The summed E-state index contributed by atoms with van der Waals surface area (Å²) in [7, 11) is 0. The van der Waals surface area contributed by atoms with Gasteiger partial charge in [0, 0.05) is 23.0 Å². The van der Waals surface area contributed by atoms with Crippen molar-refractivity contribution in [2.45, 2.75) is 6.54 Å². The van der Waals surface area contributed by atoms with Crippen LogP contribution in [0, 0.1) is 0 Å². The van der Waals surface area contributed by atoms with Crippen LogP contribution in [-0.2, 0) is 6.54 Å². The highest BCUT2D eigenvalue weighted by Gasteiger charge is 2.11. The van der Waals surface area contributed by atoms with E-state index in [1.165, 1.54) is 0 Å². The van der Waals surface area contributed by atoms with E-state index in [1.807, 2.05) is 0 Å². The zero-order valence-corrected chi connectivity index (χ0v) is 9.74. The lowest BCUT2D eigenvalue weighted by Gasteiger charge is -2.04. The lowest BCUT2D eigenvalue weighted by Crippen LogP contribution is -2.11. The molecule has 0 aliphatic rings. The molecular weight excluding hydrogens is 247 g/mol. The number of rotatable bonds is 3. The van der Waals surface area contributed by atoms with Gasteiger partial charge in [-0.05, 0) is 24.3 Å². The Morgan fingerprint density at radius 3 is 2.81 bits per heavy atom. The highest BCUT2D eigenvalue weighted by molar-refractivity contribution is 6.36. The second-order valence-corrected chi connectivity index (χ2v) is 4.09. The third-order valence-electron chi connectivity index (χ3n) is 2.10. The fourth-order valence-corrected chi connectivity index (χ4v) is 1.86. The molecule has 0 unspecified atom stereocenters. The topological polar surface area (TPSA) is 34.9 Å². The van der Waals surface area contributed by atoms with E-state index in [0.29, 0.717) is 15.6 Å². The third-order valence-corrected chi connectivity index (χ3v) is 2.64. The third kappa shape index (κ3) is 2.43. The summed E-state index contributed by atoms with van der Waals surface area (Å²) in [6, 6.07) is 6.58. The summed E-state index contributed by atoms with van der Waals surface area (Å²) in [5, 5.41) is 4.84. The number of carbonyl (C=O) groups is 1. The molecule has 1 aromatic carbocycles. The highest BCUT2D eigenvalue weighted by atomic mass is 35.5. The van der Waals surface area contributed by atoms with Crippen LogP contribution in [0.2, 0.25) is 10.0 Å². The Morgan fingerprint density at radius 1 is 1.38 bits per heavy atom. The smallest absolute Gasteiger partial charge is 0.185 e. The van der Waals surface area contributed by atoms with E-state index >= 15 is 0 Å². The first-order valence-corrected chi connectivity index (χ1v) is 5.38. The number of carbonyl (C=O) groups excluding carboxylic acids is 1. The SMILES string of the molecule is O=C(Cn1cccn1)c1ccc(Cl)cc1Cl. The normalized spacial score (nSPS) is 10.4. The molecule has 1 aromatic heterocycles. The summed E-state index contributed by atoms with van der Waals surface area (Å²) in [6.45, 7) is 0.175. The van der Waals surface area contributed by atoms with Crippen LogP contribution in [0.4, 0.5) is 0 Å². The fraction of sp³-hybridized carbons (Fsp3) is 0.0909. The van der Waals surface area contributed by atoms with Crippen molar-refractivity contribution < 1.29 is 4.79 Å². The molecule has 0 spiro atoms. The van der Waals surface area contributed by atoms with Crippen molar-refractivity contribution in [1.29, 1.82) is 0 Å². The number of halogens is 2. The Morgan fingerprint density at radius 2 is 2.19 bits per heavy atom. The first kappa shape index (κ1) is 11.2. The van der Waals surface area contributed by atoms with E-state index in [9.17, 15) is 4.79 Å². The van der Waals surface area contributed by atoms with Crippen LogP contribution in [0.3, 0.4) is 0 Å². The van der Waals surface area contributed by atoms with Crippen LogP contribution in [0.1, 0.15) is 10.4 Å². The standard InChI is InChI=1S/C11H8Cl2N2O/c12-8-2-3-9(10(13)6-8)11(16)7-15-5-1-4-14-15/h1-6H,7H2. The van der Waals surface area contributed by atoms with Crippen molar-refractivity contribution in [1.82, 2.24) is 9.78 Å². The average molecular weight is 255 g/mol. The Labute approximate surface area is 103 Å². The van der Waals surface area contributed by atoms with Gasteiger partial charge in [0.2, 0.25) is 0 Å². The molecule has 0 amide bonds. The Hall–Kier alpha value is -1.32. The van der Waals surface area contributed by atoms with Crippen LogP contribution in [0.15, 0.2) is 36.7 Å². The first-order chi connectivity index (χ1) is 7.66. The summed E-state index contributed by atoms with van der Waals surface area (Å²) in [5.41, 5.74) is 0.460. The maximum atomic E-state index is 11.9. The van der Waals surface area contributed by atoms with Crippen LogP contribution < -0.4 is 0 Å².